The predicted octanol–water partition coefficient (Wildman–Crippen LogP) is 2.08. The van der Waals surface area contributed by atoms with Crippen molar-refractivity contribution in [3.05, 3.63) is 59.9 Å². The lowest BCUT2D eigenvalue weighted by atomic mass is 10.2. The third-order valence-electron chi connectivity index (χ3n) is 4.09. The highest BCUT2D eigenvalue weighted by Gasteiger charge is 2.16. The molecule has 1 aliphatic heterocycles. The molecule has 3 rings (SSSR count). The third-order valence-corrected chi connectivity index (χ3v) is 4.09. The van der Waals surface area contributed by atoms with E-state index in [-0.39, 0.29) is 6.10 Å². The summed E-state index contributed by atoms with van der Waals surface area (Å²) in [6.07, 6.45) is 3.87. The Morgan fingerprint density at radius 2 is 2.12 bits per heavy atom. The highest BCUT2D eigenvalue weighted by Crippen LogP contribution is 2.14. The van der Waals surface area contributed by atoms with E-state index in [0.717, 1.165) is 44.1 Å². The van der Waals surface area contributed by atoms with Gasteiger partial charge in [-0.25, -0.2) is 0 Å². The van der Waals surface area contributed by atoms with Crippen LogP contribution >= 0.6 is 0 Å². The third kappa shape index (κ3) is 5.30. The zero-order valence-electron chi connectivity index (χ0n) is 14.1. The number of rotatable bonds is 7. The zero-order valence-corrected chi connectivity index (χ0v) is 14.1. The Hall–Kier alpha value is -1.95. The Morgan fingerprint density at radius 1 is 1.25 bits per heavy atom. The van der Waals surface area contributed by atoms with Crippen LogP contribution in [0.4, 0.5) is 0 Å². The number of aromatic nitrogens is 1. The van der Waals surface area contributed by atoms with Crippen molar-refractivity contribution in [3.63, 3.8) is 0 Å². The van der Waals surface area contributed by atoms with Crippen molar-refractivity contribution in [1.29, 1.82) is 0 Å². The minimum Gasteiger partial charge on any atom is -0.489 e. The first kappa shape index (κ1) is 16.9. The molecule has 1 aromatic heterocycles. The molecule has 0 amide bonds. The first-order valence-electron chi connectivity index (χ1n) is 8.41. The maximum Gasteiger partial charge on any atom is 0.119 e. The fraction of sp³-hybridized carbons (Fsp3) is 0.421. The molecule has 0 radical (unpaired) electrons. The molecular formula is C19H25N3O2. The quantitative estimate of drug-likeness (QED) is 0.844. The van der Waals surface area contributed by atoms with Gasteiger partial charge >= 0.3 is 0 Å². The SMILES string of the molecule is CN1CCO[C@H](CNCc2ccc(OCc3cccnc3)cc2)C1. The lowest BCUT2D eigenvalue weighted by molar-refractivity contribution is -0.0182. The fourth-order valence-corrected chi connectivity index (χ4v) is 2.72. The van der Waals surface area contributed by atoms with Crippen LogP contribution in [0.5, 0.6) is 5.75 Å². The number of morpholine rings is 1. The maximum absolute atomic E-state index is 5.77. The molecule has 1 aromatic carbocycles. The van der Waals surface area contributed by atoms with Gasteiger partial charge in [-0.15, -0.1) is 0 Å². The monoisotopic (exact) mass is 327 g/mol. The maximum atomic E-state index is 5.77. The summed E-state index contributed by atoms with van der Waals surface area (Å²) in [5, 5.41) is 3.47. The average Bonchev–Trinajstić information content (AvgIpc) is 2.62. The summed E-state index contributed by atoms with van der Waals surface area (Å²) in [6, 6.07) is 12.1. The Balaban J connectivity index is 1.39. The number of likely N-dealkylation sites (N-methyl/N-ethyl adjacent to an activating group) is 1. The number of pyridine rings is 1. The van der Waals surface area contributed by atoms with Crippen LogP contribution in [0.3, 0.4) is 0 Å². The van der Waals surface area contributed by atoms with Gasteiger partial charge in [0, 0.05) is 44.1 Å². The van der Waals surface area contributed by atoms with Crippen molar-refractivity contribution in [1.82, 2.24) is 15.2 Å². The highest BCUT2D eigenvalue weighted by molar-refractivity contribution is 5.27. The Labute approximate surface area is 143 Å². The summed E-state index contributed by atoms with van der Waals surface area (Å²) in [4.78, 5) is 6.40. The van der Waals surface area contributed by atoms with Crippen molar-refractivity contribution >= 4 is 0 Å². The molecule has 128 valence electrons. The van der Waals surface area contributed by atoms with Gasteiger partial charge in [0.1, 0.15) is 12.4 Å². The van der Waals surface area contributed by atoms with Gasteiger partial charge in [0.15, 0.2) is 0 Å². The molecule has 5 nitrogen and oxygen atoms in total. The smallest absolute Gasteiger partial charge is 0.119 e. The molecule has 0 bridgehead atoms. The largest absolute Gasteiger partial charge is 0.489 e. The van der Waals surface area contributed by atoms with Gasteiger partial charge in [-0.05, 0) is 30.8 Å². The van der Waals surface area contributed by atoms with Crippen LogP contribution in [-0.4, -0.2) is 49.3 Å². The van der Waals surface area contributed by atoms with Gasteiger partial charge in [-0.1, -0.05) is 18.2 Å². The standard InChI is InChI=1S/C19H25N3O2/c1-22-9-10-23-19(14-22)13-21-11-16-4-6-18(7-5-16)24-15-17-3-2-8-20-12-17/h2-8,12,19,21H,9-11,13-15H2,1H3/t19-/m1/s1. The van der Waals surface area contributed by atoms with E-state index in [1.807, 2.05) is 30.5 Å². The van der Waals surface area contributed by atoms with Crippen LogP contribution < -0.4 is 10.1 Å². The highest BCUT2D eigenvalue weighted by atomic mass is 16.5. The predicted molar refractivity (Wildman–Crippen MR) is 94.0 cm³/mol. The minimum atomic E-state index is 0.283. The molecule has 0 spiro atoms. The van der Waals surface area contributed by atoms with Gasteiger partial charge in [-0.3, -0.25) is 4.98 Å². The molecule has 1 fully saturated rings. The minimum absolute atomic E-state index is 0.283. The van der Waals surface area contributed by atoms with Gasteiger partial charge in [-0.2, -0.15) is 0 Å². The average molecular weight is 327 g/mol. The van der Waals surface area contributed by atoms with E-state index in [1.54, 1.807) is 6.20 Å². The molecule has 1 aliphatic rings. The van der Waals surface area contributed by atoms with Crippen molar-refractivity contribution in [2.45, 2.75) is 19.3 Å². The molecule has 0 saturated carbocycles. The number of hydrogen-bond acceptors (Lipinski definition) is 5. The first-order valence-corrected chi connectivity index (χ1v) is 8.41. The second-order valence-electron chi connectivity index (χ2n) is 6.18. The number of benzene rings is 1. The molecule has 0 aliphatic carbocycles. The van der Waals surface area contributed by atoms with Crippen molar-refractivity contribution in [2.24, 2.45) is 0 Å². The van der Waals surface area contributed by atoms with E-state index >= 15 is 0 Å². The molecule has 1 N–H and O–H groups in total. The second-order valence-corrected chi connectivity index (χ2v) is 6.18. The van der Waals surface area contributed by atoms with Crippen LogP contribution in [0.1, 0.15) is 11.1 Å². The summed E-state index contributed by atoms with van der Waals surface area (Å²) in [6.45, 7) is 5.10. The Morgan fingerprint density at radius 3 is 2.88 bits per heavy atom. The molecule has 2 aromatic rings. The van der Waals surface area contributed by atoms with E-state index in [9.17, 15) is 0 Å². The van der Waals surface area contributed by atoms with Crippen LogP contribution in [0, 0.1) is 0 Å². The van der Waals surface area contributed by atoms with Gasteiger partial charge in [0.05, 0.1) is 12.7 Å². The van der Waals surface area contributed by atoms with E-state index in [1.165, 1.54) is 5.56 Å². The van der Waals surface area contributed by atoms with Crippen LogP contribution in [-0.2, 0) is 17.9 Å². The lowest BCUT2D eigenvalue weighted by Gasteiger charge is -2.30. The van der Waals surface area contributed by atoms with Crippen LogP contribution in [0.15, 0.2) is 48.8 Å². The summed E-state index contributed by atoms with van der Waals surface area (Å²) < 4.78 is 11.5. The fourth-order valence-electron chi connectivity index (χ4n) is 2.72. The van der Waals surface area contributed by atoms with Crippen molar-refractivity contribution in [3.8, 4) is 5.75 Å². The molecule has 1 atom stereocenters. The normalized spacial score (nSPS) is 18.5. The van der Waals surface area contributed by atoms with E-state index < -0.39 is 0 Å². The molecule has 24 heavy (non-hydrogen) atoms. The van der Waals surface area contributed by atoms with E-state index in [4.69, 9.17) is 9.47 Å². The molecule has 0 unspecified atom stereocenters. The zero-order chi connectivity index (χ0) is 16.6. The molecular weight excluding hydrogens is 302 g/mol. The summed E-state index contributed by atoms with van der Waals surface area (Å²) in [7, 11) is 2.14. The first-order chi connectivity index (χ1) is 11.8. The molecule has 5 heteroatoms. The summed E-state index contributed by atoms with van der Waals surface area (Å²) in [5.41, 5.74) is 2.31. The van der Waals surface area contributed by atoms with E-state index in [2.05, 4.69) is 34.4 Å². The van der Waals surface area contributed by atoms with E-state index in [0.29, 0.717) is 6.61 Å². The van der Waals surface area contributed by atoms with Gasteiger partial charge in [0.2, 0.25) is 0 Å². The number of ether oxygens (including phenoxy) is 2. The summed E-state index contributed by atoms with van der Waals surface area (Å²) in [5.74, 6) is 0.875. The Kier molecular flexibility index (Phi) is 6.18. The number of hydrogen-bond donors (Lipinski definition) is 1. The number of nitrogens with one attached hydrogen (secondary N) is 1. The van der Waals surface area contributed by atoms with Crippen molar-refractivity contribution in [2.75, 3.05) is 33.3 Å². The number of nitrogens with zero attached hydrogens (tertiary/aromatic N) is 2. The molecule has 1 saturated heterocycles. The van der Waals surface area contributed by atoms with Crippen molar-refractivity contribution < 1.29 is 9.47 Å². The molecule has 2 heterocycles. The van der Waals surface area contributed by atoms with Crippen LogP contribution in [0.25, 0.3) is 0 Å². The Bertz CT molecular complexity index is 604. The topological polar surface area (TPSA) is 46.6 Å². The second kappa shape index (κ2) is 8.78. The summed E-state index contributed by atoms with van der Waals surface area (Å²) >= 11 is 0. The lowest BCUT2D eigenvalue weighted by Crippen LogP contribution is -2.44. The van der Waals surface area contributed by atoms with Crippen LogP contribution in [0.2, 0.25) is 0 Å². The van der Waals surface area contributed by atoms with Gasteiger partial charge < -0.3 is 19.7 Å². The van der Waals surface area contributed by atoms with Gasteiger partial charge in [0.25, 0.3) is 0 Å².